The summed E-state index contributed by atoms with van der Waals surface area (Å²) in [4.78, 5) is 13.6. The number of carbonyl (C=O) groups excluding carboxylic acids is 1. The zero-order valence-corrected chi connectivity index (χ0v) is 11.7. The van der Waals surface area contributed by atoms with Crippen LogP contribution in [0.1, 0.15) is 12.0 Å². The number of rotatable bonds is 4. The van der Waals surface area contributed by atoms with E-state index < -0.39 is 0 Å². The molecule has 1 aliphatic rings. The molecule has 0 saturated carbocycles. The van der Waals surface area contributed by atoms with E-state index in [1.807, 2.05) is 29.2 Å². The molecule has 1 heterocycles. The van der Waals surface area contributed by atoms with Gasteiger partial charge in [-0.1, -0.05) is 28.1 Å². The number of hydrogen-bond acceptors (Lipinski definition) is 3. The smallest absolute Gasteiger partial charge is 0.248 e. The van der Waals surface area contributed by atoms with Crippen molar-refractivity contribution in [2.24, 2.45) is 5.73 Å². The average Bonchev–Trinajstić information content (AvgIpc) is 2.36. The molecule has 1 unspecified atom stereocenters. The first kappa shape index (κ1) is 13.5. The van der Waals surface area contributed by atoms with Crippen molar-refractivity contribution >= 4 is 21.8 Å². The molecule has 0 spiro atoms. The van der Waals surface area contributed by atoms with Crippen molar-refractivity contribution in [3.63, 3.8) is 0 Å². The third-order valence-electron chi connectivity index (χ3n) is 2.99. The van der Waals surface area contributed by atoms with Gasteiger partial charge in [0.1, 0.15) is 6.61 Å². The number of morpholine rings is 1. The van der Waals surface area contributed by atoms with Crippen LogP contribution in [0.2, 0.25) is 0 Å². The van der Waals surface area contributed by atoms with Gasteiger partial charge in [0.2, 0.25) is 5.91 Å². The van der Waals surface area contributed by atoms with Crippen molar-refractivity contribution in [3.8, 4) is 0 Å². The number of halogens is 1. The van der Waals surface area contributed by atoms with Crippen molar-refractivity contribution in [1.82, 2.24) is 4.90 Å². The number of ether oxygens (including phenoxy) is 1. The van der Waals surface area contributed by atoms with Crippen LogP contribution in [0.25, 0.3) is 0 Å². The summed E-state index contributed by atoms with van der Waals surface area (Å²) >= 11 is 3.40. The molecule has 1 aromatic rings. The molecule has 18 heavy (non-hydrogen) atoms. The molecule has 4 nitrogen and oxygen atoms in total. The predicted molar refractivity (Wildman–Crippen MR) is 73.0 cm³/mol. The molecule has 1 fully saturated rings. The molecule has 1 aromatic carbocycles. The largest absolute Gasteiger partial charge is 0.367 e. The molecule has 1 amide bonds. The highest BCUT2D eigenvalue weighted by Crippen LogP contribution is 2.15. The van der Waals surface area contributed by atoms with Crippen LogP contribution < -0.4 is 5.73 Å². The molecule has 1 aliphatic heterocycles. The van der Waals surface area contributed by atoms with Gasteiger partial charge in [0.05, 0.1) is 6.10 Å². The molecule has 0 aliphatic carbocycles. The molecular weight excluding hydrogens is 296 g/mol. The molecule has 0 bridgehead atoms. The Bertz CT molecular complexity index is 408. The Hall–Kier alpha value is -0.910. The molecule has 0 aromatic heterocycles. The maximum absolute atomic E-state index is 11.8. The molecule has 2 N–H and O–H groups in total. The fraction of sp³-hybridized carbons (Fsp3) is 0.462. The predicted octanol–water partition coefficient (Wildman–Crippen LogP) is 1.53. The first-order chi connectivity index (χ1) is 8.69. The minimum atomic E-state index is 0.0474. The molecular formula is C13H17BrN2O2. The summed E-state index contributed by atoms with van der Waals surface area (Å²) in [6.45, 7) is 2.02. The van der Waals surface area contributed by atoms with Crippen molar-refractivity contribution < 1.29 is 9.53 Å². The number of amides is 1. The van der Waals surface area contributed by atoms with Gasteiger partial charge >= 0.3 is 0 Å². The lowest BCUT2D eigenvalue weighted by Crippen LogP contribution is -2.46. The van der Waals surface area contributed by atoms with E-state index in [0.717, 1.165) is 16.5 Å². The molecule has 1 saturated heterocycles. The molecule has 1 atom stereocenters. The average molecular weight is 313 g/mol. The number of nitrogens with two attached hydrogens (primary N) is 1. The molecule has 5 heteroatoms. The van der Waals surface area contributed by atoms with Crippen molar-refractivity contribution in [2.45, 2.75) is 19.1 Å². The summed E-state index contributed by atoms with van der Waals surface area (Å²) in [5.41, 5.74) is 6.64. The summed E-state index contributed by atoms with van der Waals surface area (Å²) in [7, 11) is 0. The molecule has 0 radical (unpaired) electrons. The SMILES string of the molecule is NCCC1CN(Cc2ccc(Br)cc2)C(=O)CO1. The van der Waals surface area contributed by atoms with Crippen LogP contribution in [0.5, 0.6) is 0 Å². The van der Waals surface area contributed by atoms with Gasteiger partial charge < -0.3 is 15.4 Å². The van der Waals surface area contributed by atoms with E-state index >= 15 is 0 Å². The Labute approximate surface area is 115 Å². The van der Waals surface area contributed by atoms with Crippen LogP contribution in [0.15, 0.2) is 28.7 Å². The first-order valence-corrected chi connectivity index (χ1v) is 6.82. The quantitative estimate of drug-likeness (QED) is 0.917. The minimum absolute atomic E-state index is 0.0474. The summed E-state index contributed by atoms with van der Waals surface area (Å²) in [6.07, 6.45) is 0.868. The van der Waals surface area contributed by atoms with E-state index in [9.17, 15) is 4.79 Å². The maximum Gasteiger partial charge on any atom is 0.248 e. The van der Waals surface area contributed by atoms with Crippen LogP contribution in [-0.4, -0.2) is 36.6 Å². The van der Waals surface area contributed by atoms with Crippen LogP contribution >= 0.6 is 15.9 Å². The first-order valence-electron chi connectivity index (χ1n) is 6.03. The van der Waals surface area contributed by atoms with E-state index in [2.05, 4.69) is 15.9 Å². The lowest BCUT2D eigenvalue weighted by molar-refractivity contribution is -0.149. The number of hydrogen-bond donors (Lipinski definition) is 1. The van der Waals surface area contributed by atoms with Gasteiger partial charge in [-0.05, 0) is 30.7 Å². The minimum Gasteiger partial charge on any atom is -0.367 e. The van der Waals surface area contributed by atoms with Crippen LogP contribution in [0, 0.1) is 0 Å². The topological polar surface area (TPSA) is 55.6 Å². The highest BCUT2D eigenvalue weighted by molar-refractivity contribution is 9.10. The number of nitrogens with zero attached hydrogens (tertiary/aromatic N) is 1. The van der Waals surface area contributed by atoms with Crippen LogP contribution in [-0.2, 0) is 16.1 Å². The second-order valence-corrected chi connectivity index (χ2v) is 5.33. The summed E-state index contributed by atoms with van der Waals surface area (Å²) in [5.74, 6) is 0.0474. The van der Waals surface area contributed by atoms with Crippen molar-refractivity contribution in [1.29, 1.82) is 0 Å². The number of carbonyl (C=O) groups is 1. The van der Waals surface area contributed by atoms with Gasteiger partial charge in [0.25, 0.3) is 0 Å². The Morgan fingerprint density at radius 3 is 2.78 bits per heavy atom. The monoisotopic (exact) mass is 312 g/mol. The van der Waals surface area contributed by atoms with Crippen LogP contribution in [0.3, 0.4) is 0 Å². The van der Waals surface area contributed by atoms with Gasteiger partial charge in [-0.2, -0.15) is 0 Å². The van der Waals surface area contributed by atoms with Gasteiger partial charge in [0.15, 0.2) is 0 Å². The fourth-order valence-corrected chi connectivity index (χ4v) is 2.27. The van der Waals surface area contributed by atoms with Crippen molar-refractivity contribution in [2.75, 3.05) is 19.7 Å². The van der Waals surface area contributed by atoms with E-state index in [0.29, 0.717) is 19.6 Å². The van der Waals surface area contributed by atoms with E-state index in [1.165, 1.54) is 0 Å². The van der Waals surface area contributed by atoms with Gasteiger partial charge in [0, 0.05) is 17.6 Å². The third-order valence-corrected chi connectivity index (χ3v) is 3.52. The van der Waals surface area contributed by atoms with E-state index in [-0.39, 0.29) is 18.6 Å². The van der Waals surface area contributed by atoms with E-state index in [1.54, 1.807) is 0 Å². The molecule has 98 valence electrons. The standard InChI is InChI=1S/C13H17BrN2O2/c14-11-3-1-10(2-4-11)7-16-8-12(5-6-15)18-9-13(16)17/h1-4,12H,5-9,15H2. The summed E-state index contributed by atoms with van der Waals surface area (Å²) in [6, 6.07) is 8.00. The second-order valence-electron chi connectivity index (χ2n) is 4.41. The van der Waals surface area contributed by atoms with Gasteiger partial charge in [-0.3, -0.25) is 4.79 Å². The highest BCUT2D eigenvalue weighted by atomic mass is 79.9. The lowest BCUT2D eigenvalue weighted by Gasteiger charge is -2.32. The van der Waals surface area contributed by atoms with Crippen molar-refractivity contribution in [3.05, 3.63) is 34.3 Å². The molecule has 2 rings (SSSR count). The van der Waals surface area contributed by atoms with Gasteiger partial charge in [-0.15, -0.1) is 0 Å². The Morgan fingerprint density at radius 1 is 1.39 bits per heavy atom. The Kier molecular flexibility index (Phi) is 4.74. The third kappa shape index (κ3) is 3.54. The normalized spacial score (nSPS) is 20.2. The fourth-order valence-electron chi connectivity index (χ4n) is 2.00. The second kappa shape index (κ2) is 6.31. The zero-order valence-electron chi connectivity index (χ0n) is 10.1. The Morgan fingerprint density at radius 2 is 2.11 bits per heavy atom. The Balaban J connectivity index is 1.98. The summed E-state index contributed by atoms with van der Waals surface area (Å²) in [5, 5.41) is 0. The highest BCUT2D eigenvalue weighted by Gasteiger charge is 2.25. The zero-order chi connectivity index (χ0) is 13.0. The number of benzene rings is 1. The summed E-state index contributed by atoms with van der Waals surface area (Å²) < 4.78 is 6.48. The lowest BCUT2D eigenvalue weighted by atomic mass is 10.1. The maximum atomic E-state index is 11.8. The van der Waals surface area contributed by atoms with Gasteiger partial charge in [-0.25, -0.2) is 0 Å². The van der Waals surface area contributed by atoms with Crippen LogP contribution in [0.4, 0.5) is 0 Å². The van der Waals surface area contributed by atoms with E-state index in [4.69, 9.17) is 10.5 Å².